The summed E-state index contributed by atoms with van der Waals surface area (Å²) < 4.78 is 15.6. The quantitative estimate of drug-likeness (QED) is 0.813. The van der Waals surface area contributed by atoms with Crippen molar-refractivity contribution < 1.29 is 14.3 Å². The van der Waals surface area contributed by atoms with Gasteiger partial charge < -0.3 is 14.8 Å². The van der Waals surface area contributed by atoms with Crippen molar-refractivity contribution in [3.8, 4) is 11.5 Å². The lowest BCUT2D eigenvalue weighted by Gasteiger charge is -2.18. The van der Waals surface area contributed by atoms with Crippen LogP contribution in [0.1, 0.15) is 41.7 Å². The first-order chi connectivity index (χ1) is 11.5. The van der Waals surface area contributed by atoms with Crippen molar-refractivity contribution in [1.29, 1.82) is 0 Å². The summed E-state index contributed by atoms with van der Waals surface area (Å²) in [7, 11) is 0. The van der Waals surface area contributed by atoms with Gasteiger partial charge >= 0.3 is 0 Å². The Morgan fingerprint density at radius 1 is 1.46 bits per heavy atom. The van der Waals surface area contributed by atoms with E-state index in [1.807, 2.05) is 19.1 Å². The summed E-state index contributed by atoms with van der Waals surface area (Å²) in [6.45, 7) is 6.86. The molecule has 0 atom stereocenters. The van der Waals surface area contributed by atoms with Gasteiger partial charge in [-0.2, -0.15) is 0 Å². The van der Waals surface area contributed by atoms with Crippen LogP contribution in [0.15, 0.2) is 18.2 Å². The first-order valence-electron chi connectivity index (χ1n) is 8.03. The molecule has 0 radical (unpaired) electrons. The number of benzene rings is 1. The van der Waals surface area contributed by atoms with Crippen LogP contribution >= 0.6 is 11.5 Å². The lowest BCUT2D eigenvalue weighted by molar-refractivity contribution is 0.0949. The van der Waals surface area contributed by atoms with Gasteiger partial charge in [-0.1, -0.05) is 23.5 Å². The molecule has 2 heterocycles. The molecule has 1 amide bonds. The van der Waals surface area contributed by atoms with Crippen LogP contribution in [0.2, 0.25) is 0 Å². The summed E-state index contributed by atoms with van der Waals surface area (Å²) in [4.78, 5) is 12.7. The molecule has 1 aliphatic rings. The Labute approximate surface area is 145 Å². The molecule has 2 aromatic rings. The Morgan fingerprint density at radius 2 is 2.29 bits per heavy atom. The van der Waals surface area contributed by atoms with Gasteiger partial charge in [0.2, 0.25) is 0 Å². The molecular weight excluding hydrogens is 326 g/mol. The van der Waals surface area contributed by atoms with Crippen LogP contribution in [0.4, 0.5) is 0 Å². The molecule has 0 saturated carbocycles. The molecule has 1 aromatic heterocycles. The smallest absolute Gasteiger partial charge is 0.265 e. The van der Waals surface area contributed by atoms with E-state index in [9.17, 15) is 4.79 Å². The van der Waals surface area contributed by atoms with Crippen LogP contribution in [-0.4, -0.2) is 34.2 Å². The lowest BCUT2D eigenvalue weighted by Crippen LogP contribution is -2.28. The van der Waals surface area contributed by atoms with Crippen molar-refractivity contribution in [1.82, 2.24) is 14.9 Å². The minimum absolute atomic E-state index is 0.152. The standard InChI is InChI=1S/C17H21N3O3S/c1-4-12-15(24-20-19-12)16(21)18-8-9-22-13-7-5-6-11-10-17(2,3)23-14(11)13/h5-7H,4,8-10H2,1-3H3,(H,18,21). The largest absolute Gasteiger partial charge is 0.488 e. The Balaban J connectivity index is 1.53. The van der Waals surface area contributed by atoms with Gasteiger partial charge in [0, 0.05) is 12.0 Å². The highest BCUT2D eigenvalue weighted by atomic mass is 32.1. The van der Waals surface area contributed by atoms with Crippen molar-refractivity contribution in [2.75, 3.05) is 13.2 Å². The zero-order valence-electron chi connectivity index (χ0n) is 14.1. The molecule has 1 aromatic carbocycles. The molecule has 0 saturated heterocycles. The Hall–Kier alpha value is -2.15. The number of hydrogen-bond acceptors (Lipinski definition) is 6. The lowest BCUT2D eigenvalue weighted by atomic mass is 10.0. The number of aryl methyl sites for hydroxylation is 1. The maximum atomic E-state index is 12.1. The maximum Gasteiger partial charge on any atom is 0.265 e. The van der Waals surface area contributed by atoms with Gasteiger partial charge in [-0.3, -0.25) is 4.79 Å². The van der Waals surface area contributed by atoms with Crippen LogP contribution in [0.5, 0.6) is 11.5 Å². The van der Waals surface area contributed by atoms with E-state index < -0.39 is 0 Å². The molecule has 0 aliphatic carbocycles. The summed E-state index contributed by atoms with van der Waals surface area (Å²) in [5, 5.41) is 6.78. The fraction of sp³-hybridized carbons (Fsp3) is 0.471. The van der Waals surface area contributed by atoms with Crippen molar-refractivity contribution >= 4 is 17.4 Å². The van der Waals surface area contributed by atoms with Crippen LogP contribution < -0.4 is 14.8 Å². The number of nitrogens with one attached hydrogen (secondary N) is 1. The highest BCUT2D eigenvalue weighted by Gasteiger charge is 2.32. The minimum atomic E-state index is -0.203. The monoisotopic (exact) mass is 347 g/mol. The molecule has 0 unspecified atom stereocenters. The van der Waals surface area contributed by atoms with Crippen LogP contribution in [0, 0.1) is 0 Å². The normalized spacial score (nSPS) is 14.8. The average molecular weight is 347 g/mol. The predicted octanol–water partition coefficient (Wildman–Crippen LogP) is 2.62. The Kier molecular flexibility index (Phi) is 4.71. The number of fused-ring (bicyclic) bond motifs is 1. The first kappa shape index (κ1) is 16.7. The van der Waals surface area contributed by atoms with Gasteiger partial charge in [0.05, 0.1) is 12.2 Å². The Morgan fingerprint density at radius 3 is 3.08 bits per heavy atom. The number of para-hydroxylation sites is 1. The van der Waals surface area contributed by atoms with Crippen molar-refractivity contribution in [2.45, 2.75) is 39.2 Å². The van der Waals surface area contributed by atoms with E-state index in [4.69, 9.17) is 9.47 Å². The molecule has 0 spiro atoms. The summed E-state index contributed by atoms with van der Waals surface area (Å²) in [5.41, 5.74) is 1.69. The highest BCUT2D eigenvalue weighted by Crippen LogP contribution is 2.41. The second-order valence-corrected chi connectivity index (χ2v) is 7.04. The highest BCUT2D eigenvalue weighted by molar-refractivity contribution is 7.08. The van der Waals surface area contributed by atoms with Gasteiger partial charge in [0.15, 0.2) is 11.5 Å². The third-order valence-corrected chi connectivity index (χ3v) is 4.56. The van der Waals surface area contributed by atoms with Crippen LogP contribution in [-0.2, 0) is 12.8 Å². The number of carbonyl (C=O) groups excluding carboxylic acids is 1. The van der Waals surface area contributed by atoms with E-state index in [2.05, 4.69) is 34.8 Å². The summed E-state index contributed by atoms with van der Waals surface area (Å²) in [5.74, 6) is 1.39. The van der Waals surface area contributed by atoms with E-state index in [0.717, 1.165) is 40.7 Å². The number of hydrogen-bond donors (Lipinski definition) is 1. The van der Waals surface area contributed by atoms with Crippen molar-refractivity contribution in [3.05, 3.63) is 34.3 Å². The summed E-state index contributed by atoms with van der Waals surface area (Å²) in [6.07, 6.45) is 1.56. The van der Waals surface area contributed by atoms with E-state index in [0.29, 0.717) is 24.4 Å². The van der Waals surface area contributed by atoms with Gasteiger partial charge in [-0.15, -0.1) is 5.10 Å². The topological polar surface area (TPSA) is 73.3 Å². The molecule has 7 heteroatoms. The van der Waals surface area contributed by atoms with Gasteiger partial charge in [0.1, 0.15) is 17.1 Å². The van der Waals surface area contributed by atoms with Crippen LogP contribution in [0.3, 0.4) is 0 Å². The van der Waals surface area contributed by atoms with E-state index >= 15 is 0 Å². The fourth-order valence-electron chi connectivity index (χ4n) is 2.72. The van der Waals surface area contributed by atoms with Gasteiger partial charge in [-0.05, 0) is 37.9 Å². The molecule has 0 bridgehead atoms. The van der Waals surface area contributed by atoms with Gasteiger partial charge in [-0.25, -0.2) is 0 Å². The number of nitrogens with zero attached hydrogens (tertiary/aromatic N) is 2. The zero-order chi connectivity index (χ0) is 17.2. The average Bonchev–Trinajstić information content (AvgIpc) is 3.13. The van der Waals surface area contributed by atoms with Crippen molar-refractivity contribution in [3.63, 3.8) is 0 Å². The van der Waals surface area contributed by atoms with Crippen LogP contribution in [0.25, 0.3) is 0 Å². The van der Waals surface area contributed by atoms with E-state index in [1.165, 1.54) is 0 Å². The number of aromatic nitrogens is 2. The molecule has 128 valence electrons. The number of carbonyl (C=O) groups is 1. The third-order valence-electron chi connectivity index (χ3n) is 3.80. The molecule has 6 nitrogen and oxygen atoms in total. The second kappa shape index (κ2) is 6.76. The molecule has 1 N–H and O–H groups in total. The molecule has 24 heavy (non-hydrogen) atoms. The fourth-order valence-corrected chi connectivity index (χ4v) is 3.39. The second-order valence-electron chi connectivity index (χ2n) is 6.29. The summed E-state index contributed by atoms with van der Waals surface area (Å²) in [6, 6.07) is 5.92. The van der Waals surface area contributed by atoms with Crippen molar-refractivity contribution in [2.24, 2.45) is 0 Å². The molecule has 1 aliphatic heterocycles. The molecule has 3 rings (SSSR count). The number of rotatable bonds is 6. The zero-order valence-corrected chi connectivity index (χ0v) is 14.9. The first-order valence-corrected chi connectivity index (χ1v) is 8.80. The minimum Gasteiger partial charge on any atom is -0.488 e. The summed E-state index contributed by atoms with van der Waals surface area (Å²) >= 11 is 1.12. The predicted molar refractivity (Wildman–Crippen MR) is 92.0 cm³/mol. The maximum absolute atomic E-state index is 12.1. The Bertz CT molecular complexity index is 742. The number of ether oxygens (including phenoxy) is 2. The SMILES string of the molecule is CCc1nnsc1C(=O)NCCOc1cccc2c1OC(C)(C)C2. The number of amides is 1. The van der Waals surface area contributed by atoms with E-state index in [1.54, 1.807) is 0 Å². The molecule has 0 fully saturated rings. The van der Waals surface area contributed by atoms with Gasteiger partial charge in [0.25, 0.3) is 5.91 Å². The van der Waals surface area contributed by atoms with E-state index in [-0.39, 0.29) is 11.5 Å². The third kappa shape index (κ3) is 3.51. The molecular formula is C17H21N3O3S.